The van der Waals surface area contributed by atoms with Crippen LogP contribution in [-0.2, 0) is 14.1 Å². The fourth-order valence-corrected chi connectivity index (χ4v) is 2.50. The van der Waals surface area contributed by atoms with Crippen molar-refractivity contribution in [3.8, 4) is 5.75 Å². The van der Waals surface area contributed by atoms with Crippen molar-refractivity contribution >= 4 is 40.2 Å². The number of aliphatic hydroxyl groups excluding tert-OH is 1. The van der Waals surface area contributed by atoms with E-state index in [9.17, 15) is 18.8 Å². The molecular weight excluding hydrogens is 462 g/mol. The molecule has 0 aliphatic rings. The summed E-state index contributed by atoms with van der Waals surface area (Å²) in [5.41, 5.74) is -1.57. The molecular formula is C15H16FIN4O5. The van der Waals surface area contributed by atoms with Gasteiger partial charge in [-0.15, -0.1) is 0 Å². The molecule has 0 bridgehead atoms. The highest BCUT2D eigenvalue weighted by Crippen LogP contribution is 2.25. The number of ether oxygens (including phenoxy) is 1. The highest BCUT2D eigenvalue weighted by molar-refractivity contribution is 14.1. The summed E-state index contributed by atoms with van der Waals surface area (Å²) in [4.78, 5) is 36.3. The Hall–Kier alpha value is -2.41. The van der Waals surface area contributed by atoms with E-state index >= 15 is 0 Å². The zero-order valence-corrected chi connectivity index (χ0v) is 16.0. The van der Waals surface area contributed by atoms with Crippen LogP contribution in [0.25, 0.3) is 0 Å². The molecule has 3 N–H and O–H groups in total. The van der Waals surface area contributed by atoms with E-state index in [0.29, 0.717) is 3.57 Å². The van der Waals surface area contributed by atoms with Crippen LogP contribution < -0.4 is 26.6 Å². The predicted octanol–water partition coefficient (Wildman–Crippen LogP) is 0.652. The third-order valence-electron chi connectivity index (χ3n) is 3.38. The van der Waals surface area contributed by atoms with Gasteiger partial charge < -0.3 is 20.5 Å². The van der Waals surface area contributed by atoms with E-state index in [-0.39, 0.29) is 24.7 Å². The lowest BCUT2D eigenvalue weighted by atomic mass is 10.3. The first-order valence-electron chi connectivity index (χ1n) is 7.35. The van der Waals surface area contributed by atoms with Gasteiger partial charge in [-0.25, -0.2) is 14.0 Å². The minimum absolute atomic E-state index is 0.00529. The highest BCUT2D eigenvalue weighted by atomic mass is 127. The molecule has 0 saturated carbocycles. The highest BCUT2D eigenvalue weighted by Gasteiger charge is 2.21. The molecule has 0 saturated heterocycles. The Morgan fingerprint density at radius 3 is 2.62 bits per heavy atom. The fourth-order valence-electron chi connectivity index (χ4n) is 2.05. The van der Waals surface area contributed by atoms with Gasteiger partial charge in [0, 0.05) is 24.2 Å². The Balaban J connectivity index is 2.54. The van der Waals surface area contributed by atoms with Crippen molar-refractivity contribution in [1.29, 1.82) is 0 Å². The third-order valence-corrected chi connectivity index (χ3v) is 4.05. The molecule has 2 aromatic rings. The Bertz CT molecular complexity index is 956. The monoisotopic (exact) mass is 478 g/mol. The van der Waals surface area contributed by atoms with Crippen molar-refractivity contribution in [1.82, 2.24) is 14.5 Å². The van der Waals surface area contributed by atoms with Gasteiger partial charge in [-0.05, 0) is 40.8 Å². The standard InChI is InChI=1S/C15H16FIN4O5/c1-20-12(19-10-4-3-8(17)7-9(10)16)11(13(23)21(2)15(20)25)26-14(24)18-5-6-22/h3-4,7,19,22H,5-6H2,1-2H3,(H,18,24). The average molecular weight is 478 g/mol. The fraction of sp³-hybridized carbons (Fsp3) is 0.267. The number of aromatic nitrogens is 2. The molecule has 0 aliphatic heterocycles. The van der Waals surface area contributed by atoms with Crippen molar-refractivity contribution in [2.45, 2.75) is 0 Å². The van der Waals surface area contributed by atoms with Gasteiger partial charge in [-0.2, -0.15) is 0 Å². The average Bonchev–Trinajstić information content (AvgIpc) is 2.60. The molecule has 0 unspecified atom stereocenters. The summed E-state index contributed by atoms with van der Waals surface area (Å²) in [6.45, 7) is -0.404. The number of carbonyl (C=O) groups is 1. The van der Waals surface area contributed by atoms with E-state index in [4.69, 9.17) is 9.84 Å². The van der Waals surface area contributed by atoms with Crippen LogP contribution in [0.1, 0.15) is 0 Å². The van der Waals surface area contributed by atoms with Crippen LogP contribution in [0, 0.1) is 9.39 Å². The van der Waals surface area contributed by atoms with Crippen LogP contribution in [0.15, 0.2) is 27.8 Å². The second-order valence-electron chi connectivity index (χ2n) is 5.17. The zero-order chi connectivity index (χ0) is 19.4. The van der Waals surface area contributed by atoms with Gasteiger partial charge in [0.05, 0.1) is 12.3 Å². The summed E-state index contributed by atoms with van der Waals surface area (Å²) in [5.74, 6) is -1.28. The number of halogens is 2. The molecule has 0 atom stereocenters. The van der Waals surface area contributed by atoms with E-state index in [2.05, 4.69) is 10.6 Å². The molecule has 0 aliphatic carbocycles. The first-order chi connectivity index (χ1) is 12.3. The van der Waals surface area contributed by atoms with E-state index < -0.39 is 28.9 Å². The summed E-state index contributed by atoms with van der Waals surface area (Å²) in [6.07, 6.45) is -0.999. The van der Waals surface area contributed by atoms with E-state index in [1.807, 2.05) is 22.6 Å². The van der Waals surface area contributed by atoms with Crippen LogP contribution in [0.3, 0.4) is 0 Å². The first kappa shape index (κ1) is 19.9. The second-order valence-corrected chi connectivity index (χ2v) is 6.42. The summed E-state index contributed by atoms with van der Waals surface area (Å²) in [5, 5.41) is 13.6. The molecule has 0 fully saturated rings. The van der Waals surface area contributed by atoms with Gasteiger partial charge in [-0.1, -0.05) is 0 Å². The largest absolute Gasteiger partial charge is 0.413 e. The number of benzene rings is 1. The zero-order valence-electron chi connectivity index (χ0n) is 13.9. The number of nitrogens with one attached hydrogen (secondary N) is 2. The Morgan fingerprint density at radius 1 is 1.31 bits per heavy atom. The second kappa shape index (κ2) is 8.31. The molecule has 140 valence electrons. The van der Waals surface area contributed by atoms with Crippen LogP contribution in [0.5, 0.6) is 5.75 Å². The van der Waals surface area contributed by atoms with Crippen LogP contribution in [0.2, 0.25) is 0 Å². The number of hydrogen-bond donors (Lipinski definition) is 3. The number of nitrogens with zero attached hydrogens (tertiary/aromatic N) is 2. The normalized spacial score (nSPS) is 10.5. The van der Waals surface area contributed by atoms with Gasteiger partial charge in [0.25, 0.3) is 0 Å². The lowest BCUT2D eigenvalue weighted by Gasteiger charge is -2.17. The molecule has 11 heteroatoms. The van der Waals surface area contributed by atoms with Crippen molar-refractivity contribution in [3.63, 3.8) is 0 Å². The molecule has 26 heavy (non-hydrogen) atoms. The van der Waals surface area contributed by atoms with Crippen molar-refractivity contribution in [2.75, 3.05) is 18.5 Å². The summed E-state index contributed by atoms with van der Waals surface area (Å²) in [6, 6.07) is 4.31. The molecule has 9 nitrogen and oxygen atoms in total. The number of anilines is 2. The van der Waals surface area contributed by atoms with E-state index in [0.717, 1.165) is 9.13 Å². The van der Waals surface area contributed by atoms with Gasteiger partial charge in [0.2, 0.25) is 5.75 Å². The Labute approximate surface area is 160 Å². The number of amides is 1. The smallest absolute Gasteiger partial charge is 0.400 e. The quantitative estimate of drug-likeness (QED) is 0.544. The molecule has 2 rings (SSSR count). The topological polar surface area (TPSA) is 115 Å². The molecule has 0 radical (unpaired) electrons. The number of carbonyl (C=O) groups excluding carboxylic acids is 1. The van der Waals surface area contributed by atoms with Crippen LogP contribution >= 0.6 is 22.6 Å². The Kier molecular flexibility index (Phi) is 6.37. The first-order valence-corrected chi connectivity index (χ1v) is 8.42. The van der Waals surface area contributed by atoms with Crippen molar-refractivity contribution in [3.05, 3.63) is 48.4 Å². The molecule has 1 aromatic carbocycles. The third kappa shape index (κ3) is 4.22. The lowest BCUT2D eigenvalue weighted by Crippen LogP contribution is -2.40. The maximum atomic E-state index is 14.1. The summed E-state index contributed by atoms with van der Waals surface area (Å²) in [7, 11) is 2.56. The molecule has 1 aromatic heterocycles. The summed E-state index contributed by atoms with van der Waals surface area (Å²) >= 11 is 1.94. The van der Waals surface area contributed by atoms with E-state index in [1.165, 1.54) is 26.2 Å². The molecule has 1 amide bonds. The molecule has 0 spiro atoms. The van der Waals surface area contributed by atoms with E-state index in [1.54, 1.807) is 6.07 Å². The van der Waals surface area contributed by atoms with Gasteiger partial charge in [-0.3, -0.25) is 13.9 Å². The number of rotatable bonds is 5. The van der Waals surface area contributed by atoms with Crippen molar-refractivity contribution in [2.24, 2.45) is 14.1 Å². The number of hydrogen-bond acceptors (Lipinski definition) is 6. The molecule has 1 heterocycles. The minimum Gasteiger partial charge on any atom is -0.400 e. The van der Waals surface area contributed by atoms with Crippen molar-refractivity contribution < 1.29 is 19.0 Å². The van der Waals surface area contributed by atoms with Crippen LogP contribution in [0.4, 0.5) is 20.7 Å². The minimum atomic E-state index is -0.999. The summed E-state index contributed by atoms with van der Waals surface area (Å²) < 4.78 is 21.5. The van der Waals surface area contributed by atoms with Gasteiger partial charge >= 0.3 is 17.3 Å². The Morgan fingerprint density at radius 2 is 2.00 bits per heavy atom. The lowest BCUT2D eigenvalue weighted by molar-refractivity contribution is 0.194. The number of aliphatic hydroxyl groups is 1. The maximum Gasteiger partial charge on any atom is 0.413 e. The SMILES string of the molecule is Cn1c(Nc2ccc(I)cc2F)c(OC(=O)NCCO)c(=O)n(C)c1=O. The van der Waals surface area contributed by atoms with Gasteiger partial charge in [0.15, 0.2) is 5.82 Å². The predicted molar refractivity (Wildman–Crippen MR) is 100 cm³/mol. The maximum absolute atomic E-state index is 14.1. The van der Waals surface area contributed by atoms with Crippen LogP contribution in [-0.4, -0.2) is 33.5 Å². The van der Waals surface area contributed by atoms with Gasteiger partial charge in [0.1, 0.15) is 5.82 Å².